The Labute approximate surface area is 153 Å². The number of rotatable bonds is 7. The van der Waals surface area contributed by atoms with Crippen molar-refractivity contribution in [1.29, 1.82) is 0 Å². The van der Waals surface area contributed by atoms with Crippen LogP contribution in [0.2, 0.25) is 0 Å². The van der Waals surface area contributed by atoms with Gasteiger partial charge in [0.2, 0.25) is 10.0 Å². The third-order valence-corrected chi connectivity index (χ3v) is 5.13. The van der Waals surface area contributed by atoms with E-state index >= 15 is 0 Å². The molecule has 0 bridgehead atoms. The van der Waals surface area contributed by atoms with Crippen molar-refractivity contribution in [3.63, 3.8) is 0 Å². The van der Waals surface area contributed by atoms with E-state index in [1.54, 1.807) is 7.11 Å². The van der Waals surface area contributed by atoms with Gasteiger partial charge >= 0.3 is 0 Å². The number of benzene rings is 2. The molecule has 0 radical (unpaired) electrons. The Bertz CT molecular complexity index is 866. The maximum atomic E-state index is 12.4. The van der Waals surface area contributed by atoms with Crippen LogP contribution >= 0.6 is 0 Å². The van der Waals surface area contributed by atoms with Gasteiger partial charge in [-0.25, -0.2) is 13.6 Å². The van der Waals surface area contributed by atoms with E-state index in [9.17, 15) is 13.2 Å². The zero-order valence-corrected chi connectivity index (χ0v) is 15.8. The molecule has 0 spiro atoms. The van der Waals surface area contributed by atoms with Gasteiger partial charge in [-0.2, -0.15) is 0 Å². The zero-order valence-electron chi connectivity index (χ0n) is 15.0. The van der Waals surface area contributed by atoms with E-state index in [4.69, 9.17) is 9.88 Å². The molecule has 1 amide bonds. The molecule has 0 aliphatic heterocycles. The number of anilines is 1. The van der Waals surface area contributed by atoms with E-state index in [2.05, 4.69) is 5.32 Å². The molecule has 0 saturated heterocycles. The third kappa shape index (κ3) is 5.29. The molecule has 1 unspecified atom stereocenters. The largest absolute Gasteiger partial charge is 0.497 e. The van der Waals surface area contributed by atoms with Crippen LogP contribution in [0.3, 0.4) is 0 Å². The maximum absolute atomic E-state index is 12.4. The van der Waals surface area contributed by atoms with Gasteiger partial charge in [0.15, 0.2) is 6.04 Å². The molecule has 2 aromatic rings. The quantitative estimate of drug-likeness (QED) is 0.648. The van der Waals surface area contributed by atoms with E-state index in [-0.39, 0.29) is 16.8 Å². The Morgan fingerprint density at radius 1 is 1.23 bits per heavy atom. The van der Waals surface area contributed by atoms with Gasteiger partial charge in [-0.05, 0) is 43.3 Å². The molecule has 2 rings (SSSR count). The minimum absolute atomic E-state index is 0.00400. The summed E-state index contributed by atoms with van der Waals surface area (Å²) in [5.74, 6) is 0.621. The summed E-state index contributed by atoms with van der Waals surface area (Å²) in [6.45, 7) is 2.50. The first-order valence-corrected chi connectivity index (χ1v) is 9.64. The molecule has 140 valence electrons. The molecule has 2 aromatic carbocycles. The second-order valence-corrected chi connectivity index (χ2v) is 7.72. The summed E-state index contributed by atoms with van der Waals surface area (Å²) in [4.78, 5) is 13.5. The number of nitrogens with one attached hydrogen (secondary N) is 2. The van der Waals surface area contributed by atoms with Crippen molar-refractivity contribution >= 4 is 21.6 Å². The smallest absolute Gasteiger partial charge is 0.282 e. The number of carbonyl (C=O) groups is 1. The Balaban J connectivity index is 1.99. The SMILES string of the molecule is COc1cccc(C[NH+](C)[C@@H](C)C(=O)Nc2ccc(S(N)(=O)=O)cc2)c1. The highest BCUT2D eigenvalue weighted by Crippen LogP contribution is 2.13. The summed E-state index contributed by atoms with van der Waals surface area (Å²) in [6.07, 6.45) is 0. The normalized spacial score (nSPS) is 13.7. The molecule has 0 aliphatic rings. The van der Waals surface area contributed by atoms with Gasteiger partial charge in [0.05, 0.1) is 19.1 Å². The van der Waals surface area contributed by atoms with Gasteiger partial charge in [0.25, 0.3) is 5.91 Å². The third-order valence-electron chi connectivity index (χ3n) is 4.20. The molecule has 0 heterocycles. The Morgan fingerprint density at radius 3 is 2.46 bits per heavy atom. The number of primary sulfonamides is 1. The van der Waals surface area contributed by atoms with Crippen LogP contribution in [0.15, 0.2) is 53.4 Å². The lowest BCUT2D eigenvalue weighted by Crippen LogP contribution is -3.12. The molecular weight excluding hydrogens is 354 g/mol. The number of hydrogen-bond acceptors (Lipinski definition) is 4. The molecule has 26 heavy (non-hydrogen) atoms. The van der Waals surface area contributed by atoms with Crippen LogP contribution in [0, 0.1) is 0 Å². The van der Waals surface area contributed by atoms with Crippen molar-refractivity contribution in [2.24, 2.45) is 5.14 Å². The Kier molecular flexibility index (Phi) is 6.36. The van der Waals surface area contributed by atoms with Crippen molar-refractivity contribution in [2.45, 2.75) is 24.4 Å². The summed E-state index contributed by atoms with van der Waals surface area (Å²) in [5.41, 5.74) is 1.59. The van der Waals surface area contributed by atoms with E-state index in [1.807, 2.05) is 38.2 Å². The number of ether oxygens (including phenoxy) is 1. The highest BCUT2D eigenvalue weighted by atomic mass is 32.2. The first kappa shape index (κ1) is 19.9. The predicted molar refractivity (Wildman–Crippen MR) is 99.5 cm³/mol. The molecular formula is C18H24N3O4S+. The average Bonchev–Trinajstić information content (AvgIpc) is 2.60. The molecule has 7 nitrogen and oxygen atoms in total. The minimum Gasteiger partial charge on any atom is -0.497 e. The van der Waals surface area contributed by atoms with Crippen molar-refractivity contribution in [1.82, 2.24) is 0 Å². The molecule has 4 N–H and O–H groups in total. The molecule has 0 aliphatic carbocycles. The van der Waals surface area contributed by atoms with Gasteiger partial charge in [-0.1, -0.05) is 12.1 Å². The van der Waals surface area contributed by atoms with E-state index in [0.29, 0.717) is 12.2 Å². The fourth-order valence-electron chi connectivity index (χ4n) is 2.46. The van der Waals surface area contributed by atoms with Gasteiger partial charge in [-0.15, -0.1) is 0 Å². The standard InChI is InChI=1S/C18H23N3O4S/c1-13(21(2)12-14-5-4-6-16(11-14)25-3)18(22)20-15-7-9-17(10-8-15)26(19,23)24/h4-11,13H,12H2,1-3H3,(H,20,22)(H2,19,23,24)/p+1/t13-/m0/s1. The topological polar surface area (TPSA) is 103 Å². The van der Waals surface area contributed by atoms with Crippen molar-refractivity contribution in [3.8, 4) is 5.75 Å². The second-order valence-electron chi connectivity index (χ2n) is 6.15. The monoisotopic (exact) mass is 378 g/mol. The van der Waals surface area contributed by atoms with Crippen molar-refractivity contribution in [3.05, 3.63) is 54.1 Å². The van der Waals surface area contributed by atoms with Crippen molar-refractivity contribution in [2.75, 3.05) is 19.5 Å². The number of carbonyl (C=O) groups excluding carboxylic acids is 1. The lowest BCUT2D eigenvalue weighted by molar-refractivity contribution is -0.907. The summed E-state index contributed by atoms with van der Waals surface area (Å²) in [5, 5.41) is 7.85. The number of sulfonamides is 1. The van der Waals surface area contributed by atoms with Gasteiger partial charge in [-0.3, -0.25) is 4.79 Å². The van der Waals surface area contributed by atoms with Gasteiger partial charge in [0.1, 0.15) is 12.3 Å². The highest BCUT2D eigenvalue weighted by Gasteiger charge is 2.22. The molecule has 8 heteroatoms. The van der Waals surface area contributed by atoms with Crippen molar-refractivity contribution < 1.29 is 22.8 Å². The van der Waals surface area contributed by atoms with Gasteiger partial charge < -0.3 is 15.0 Å². The molecule has 0 saturated carbocycles. The average molecular weight is 378 g/mol. The molecule has 0 aromatic heterocycles. The fraction of sp³-hybridized carbons (Fsp3) is 0.278. The number of amides is 1. The fourth-order valence-corrected chi connectivity index (χ4v) is 2.98. The zero-order chi connectivity index (χ0) is 19.3. The van der Waals surface area contributed by atoms with Crippen LogP contribution in [0.4, 0.5) is 5.69 Å². The number of quaternary nitrogens is 1. The summed E-state index contributed by atoms with van der Waals surface area (Å²) in [7, 11) is -0.189. The summed E-state index contributed by atoms with van der Waals surface area (Å²) in [6, 6.07) is 13.2. The predicted octanol–water partition coefficient (Wildman–Crippen LogP) is 0.385. The van der Waals surface area contributed by atoms with E-state index in [1.165, 1.54) is 24.3 Å². The Hall–Kier alpha value is -2.42. The summed E-state index contributed by atoms with van der Waals surface area (Å²) >= 11 is 0. The molecule has 0 fully saturated rings. The number of methoxy groups -OCH3 is 1. The lowest BCUT2D eigenvalue weighted by atomic mass is 10.1. The van der Waals surface area contributed by atoms with Crippen LogP contribution < -0.4 is 20.1 Å². The van der Waals surface area contributed by atoms with E-state index < -0.39 is 10.0 Å². The minimum atomic E-state index is -3.75. The number of nitrogens with two attached hydrogens (primary N) is 1. The first-order chi connectivity index (χ1) is 12.2. The van der Waals surface area contributed by atoms with Gasteiger partial charge in [0, 0.05) is 11.3 Å². The summed E-state index contributed by atoms with van der Waals surface area (Å²) < 4.78 is 27.7. The Morgan fingerprint density at radius 2 is 1.88 bits per heavy atom. The second kappa shape index (κ2) is 8.31. The van der Waals surface area contributed by atoms with Crippen LogP contribution in [0.25, 0.3) is 0 Å². The number of hydrogen-bond donors (Lipinski definition) is 3. The first-order valence-electron chi connectivity index (χ1n) is 8.09. The van der Waals surface area contributed by atoms with Crippen LogP contribution in [-0.4, -0.2) is 34.5 Å². The number of likely N-dealkylation sites (N-methyl/N-ethyl adjacent to an activating group) is 1. The van der Waals surface area contributed by atoms with Crippen LogP contribution in [0.5, 0.6) is 5.75 Å². The highest BCUT2D eigenvalue weighted by molar-refractivity contribution is 7.89. The van der Waals surface area contributed by atoms with E-state index in [0.717, 1.165) is 16.2 Å². The van der Waals surface area contributed by atoms with Crippen LogP contribution in [-0.2, 0) is 21.4 Å². The maximum Gasteiger partial charge on any atom is 0.282 e. The lowest BCUT2D eigenvalue weighted by Gasteiger charge is -2.21. The van der Waals surface area contributed by atoms with Crippen LogP contribution in [0.1, 0.15) is 12.5 Å². The molecule has 2 atom stereocenters.